The molecule has 1 fully saturated rings. The van der Waals surface area contributed by atoms with Crippen LogP contribution in [-0.2, 0) is 15.2 Å². The number of aliphatic carboxylic acids is 1. The van der Waals surface area contributed by atoms with E-state index in [-0.39, 0.29) is 13.0 Å². The zero-order chi connectivity index (χ0) is 17.4. The fourth-order valence-corrected chi connectivity index (χ4v) is 3.40. The zero-order valence-electron chi connectivity index (χ0n) is 12.1. The van der Waals surface area contributed by atoms with Gasteiger partial charge in [-0.3, -0.25) is 4.79 Å². The minimum Gasteiger partial charge on any atom is -0.480 e. The van der Waals surface area contributed by atoms with Crippen molar-refractivity contribution in [1.82, 2.24) is 9.88 Å². The second-order valence-corrected chi connectivity index (χ2v) is 6.27. The third kappa shape index (κ3) is 3.32. The van der Waals surface area contributed by atoms with E-state index in [1.165, 1.54) is 12.3 Å². The number of likely N-dealkylation sites (tertiary alicyclic amines) is 1. The van der Waals surface area contributed by atoms with E-state index in [1.807, 2.05) is 0 Å². The number of thiazole rings is 1. The van der Waals surface area contributed by atoms with Crippen molar-refractivity contribution in [2.75, 3.05) is 6.54 Å². The Labute approximate surface area is 133 Å². The number of nitrogens with zero attached hydrogens (tertiary/aromatic N) is 2. The minimum absolute atomic E-state index is 0.0562. The molecule has 2 unspecified atom stereocenters. The second-order valence-electron chi connectivity index (χ2n) is 5.41. The van der Waals surface area contributed by atoms with Gasteiger partial charge in [-0.05, 0) is 19.8 Å². The number of alkyl halides is 3. The van der Waals surface area contributed by atoms with E-state index in [1.54, 1.807) is 0 Å². The first-order chi connectivity index (χ1) is 10.6. The Balaban J connectivity index is 2.28. The third-order valence-electron chi connectivity index (χ3n) is 3.71. The molecule has 2 heterocycles. The number of carbonyl (C=O) groups is 2. The van der Waals surface area contributed by atoms with Gasteiger partial charge in [0.1, 0.15) is 11.0 Å². The summed E-state index contributed by atoms with van der Waals surface area (Å²) in [6.07, 6.45) is -5.82. The van der Waals surface area contributed by atoms with E-state index >= 15 is 0 Å². The van der Waals surface area contributed by atoms with E-state index in [0.717, 1.165) is 4.90 Å². The summed E-state index contributed by atoms with van der Waals surface area (Å²) >= 11 is 0.607. The van der Waals surface area contributed by atoms with Crippen LogP contribution in [0.1, 0.15) is 30.0 Å². The largest absolute Gasteiger partial charge is 0.480 e. The molecule has 2 atom stereocenters. The summed E-state index contributed by atoms with van der Waals surface area (Å²) < 4.78 is 40.0. The molecule has 1 aromatic heterocycles. The van der Waals surface area contributed by atoms with E-state index in [0.29, 0.717) is 23.5 Å². The van der Waals surface area contributed by atoms with E-state index in [9.17, 15) is 27.9 Å². The van der Waals surface area contributed by atoms with Gasteiger partial charge in [0.15, 0.2) is 0 Å². The summed E-state index contributed by atoms with van der Waals surface area (Å²) in [6, 6.07) is -1.15. The molecule has 1 aliphatic heterocycles. The zero-order valence-corrected chi connectivity index (χ0v) is 12.9. The lowest BCUT2D eigenvalue weighted by atomic mass is 9.98. The Morgan fingerprint density at radius 2 is 2.13 bits per heavy atom. The minimum atomic E-state index is -5.11. The molecule has 128 valence electrons. The summed E-state index contributed by atoms with van der Waals surface area (Å²) in [5.74, 6) is -2.32. The van der Waals surface area contributed by atoms with Crippen LogP contribution < -0.4 is 0 Å². The van der Waals surface area contributed by atoms with Crippen molar-refractivity contribution in [3.8, 4) is 0 Å². The van der Waals surface area contributed by atoms with Crippen LogP contribution in [-0.4, -0.2) is 50.7 Å². The Morgan fingerprint density at radius 3 is 2.61 bits per heavy atom. The lowest BCUT2D eigenvalue weighted by Crippen LogP contribution is -2.49. The van der Waals surface area contributed by atoms with Gasteiger partial charge in [0.05, 0.1) is 6.42 Å². The molecule has 0 saturated carbocycles. The molecule has 0 spiro atoms. The van der Waals surface area contributed by atoms with Crippen LogP contribution in [0.15, 0.2) is 5.38 Å². The van der Waals surface area contributed by atoms with Crippen LogP contribution in [0.4, 0.5) is 13.2 Å². The number of carboxylic acid groups (broad SMARTS) is 1. The van der Waals surface area contributed by atoms with E-state index in [2.05, 4.69) is 4.98 Å². The average Bonchev–Trinajstić information content (AvgIpc) is 3.05. The second kappa shape index (κ2) is 6.08. The maximum Gasteiger partial charge on any atom is 0.424 e. The monoisotopic (exact) mass is 352 g/mol. The first kappa shape index (κ1) is 17.7. The number of hydrogen-bond acceptors (Lipinski definition) is 5. The third-order valence-corrected chi connectivity index (χ3v) is 4.82. The molecular weight excluding hydrogens is 337 g/mol. The van der Waals surface area contributed by atoms with Crippen LogP contribution in [0.2, 0.25) is 0 Å². The smallest absolute Gasteiger partial charge is 0.424 e. The van der Waals surface area contributed by atoms with Crippen molar-refractivity contribution < 1.29 is 33.0 Å². The van der Waals surface area contributed by atoms with Crippen molar-refractivity contribution >= 4 is 23.2 Å². The number of carbonyl (C=O) groups excluding carboxylic acids is 1. The molecule has 1 amide bonds. The van der Waals surface area contributed by atoms with Gasteiger partial charge in [-0.15, -0.1) is 11.3 Å². The van der Waals surface area contributed by atoms with Crippen molar-refractivity contribution in [3.05, 3.63) is 16.1 Å². The first-order valence-electron chi connectivity index (χ1n) is 6.80. The lowest BCUT2D eigenvalue weighted by molar-refractivity contribution is -0.268. The first-order valence-corrected chi connectivity index (χ1v) is 7.68. The number of carboxylic acids is 1. The summed E-state index contributed by atoms with van der Waals surface area (Å²) in [5.41, 5.74) is -3.13. The molecular formula is C13H15F3N2O4S. The normalized spacial score (nSPS) is 21.3. The number of halogens is 3. The van der Waals surface area contributed by atoms with Crippen molar-refractivity contribution in [2.24, 2.45) is 0 Å². The highest BCUT2D eigenvalue weighted by atomic mass is 32.1. The topological polar surface area (TPSA) is 90.7 Å². The Morgan fingerprint density at radius 1 is 1.48 bits per heavy atom. The summed E-state index contributed by atoms with van der Waals surface area (Å²) in [7, 11) is 0. The number of aliphatic hydroxyl groups is 1. The van der Waals surface area contributed by atoms with Crippen LogP contribution in [0.3, 0.4) is 0 Å². The van der Waals surface area contributed by atoms with Crippen LogP contribution in [0.5, 0.6) is 0 Å². The quantitative estimate of drug-likeness (QED) is 0.860. The highest BCUT2D eigenvalue weighted by Gasteiger charge is 2.59. The number of amides is 1. The molecule has 0 bridgehead atoms. The molecule has 2 N–H and O–H groups in total. The maximum absolute atomic E-state index is 13.3. The van der Waals surface area contributed by atoms with E-state index in [4.69, 9.17) is 5.11 Å². The average molecular weight is 352 g/mol. The highest BCUT2D eigenvalue weighted by Crippen LogP contribution is 2.43. The van der Waals surface area contributed by atoms with E-state index < -0.39 is 41.1 Å². The summed E-state index contributed by atoms with van der Waals surface area (Å²) in [4.78, 5) is 27.8. The fourth-order valence-electron chi connectivity index (χ4n) is 2.48. The lowest BCUT2D eigenvalue weighted by Gasteiger charge is -2.30. The Kier molecular flexibility index (Phi) is 4.67. The summed E-state index contributed by atoms with van der Waals surface area (Å²) in [5, 5.41) is 19.9. The molecule has 0 aliphatic carbocycles. The van der Waals surface area contributed by atoms with Gasteiger partial charge in [-0.25, -0.2) is 9.78 Å². The number of rotatable bonds is 4. The molecule has 0 radical (unpaired) electrons. The highest BCUT2D eigenvalue weighted by molar-refractivity contribution is 7.09. The summed E-state index contributed by atoms with van der Waals surface area (Å²) in [6.45, 7) is 1.53. The molecule has 2 rings (SSSR count). The van der Waals surface area contributed by atoms with Gasteiger partial charge in [-0.1, -0.05) is 0 Å². The Hall–Kier alpha value is -1.68. The van der Waals surface area contributed by atoms with Crippen LogP contribution in [0.25, 0.3) is 0 Å². The standard InChI is InChI=1S/C13H15F3N2O4S/c1-7-6-23-11(17-7)12(22,13(14,15)16)5-9(19)18-4-2-3-8(18)10(20)21/h6,8,22H,2-5H2,1H3,(H,20,21). The molecule has 6 nitrogen and oxygen atoms in total. The SMILES string of the molecule is Cc1csc(C(O)(CC(=O)N2CCCC2C(=O)O)C(F)(F)F)n1. The van der Waals surface area contributed by atoms with Gasteiger partial charge in [0, 0.05) is 17.6 Å². The molecule has 1 aliphatic rings. The van der Waals surface area contributed by atoms with Crippen LogP contribution in [0, 0.1) is 6.92 Å². The van der Waals surface area contributed by atoms with Gasteiger partial charge >= 0.3 is 12.1 Å². The van der Waals surface area contributed by atoms with Crippen molar-refractivity contribution in [1.29, 1.82) is 0 Å². The van der Waals surface area contributed by atoms with Crippen molar-refractivity contribution in [2.45, 2.75) is 44.0 Å². The number of aryl methyl sites for hydroxylation is 1. The van der Waals surface area contributed by atoms with Crippen LogP contribution >= 0.6 is 11.3 Å². The molecule has 0 aromatic carbocycles. The number of hydrogen-bond donors (Lipinski definition) is 2. The number of aromatic nitrogens is 1. The maximum atomic E-state index is 13.3. The predicted molar refractivity (Wildman–Crippen MR) is 73.8 cm³/mol. The molecule has 23 heavy (non-hydrogen) atoms. The van der Waals surface area contributed by atoms with Gasteiger partial charge in [0.2, 0.25) is 11.5 Å². The molecule has 1 saturated heterocycles. The molecule has 10 heteroatoms. The van der Waals surface area contributed by atoms with Gasteiger partial charge in [-0.2, -0.15) is 13.2 Å². The van der Waals surface area contributed by atoms with Gasteiger partial charge < -0.3 is 15.1 Å². The molecule has 1 aromatic rings. The predicted octanol–water partition coefficient (Wildman–Crippen LogP) is 1.67. The van der Waals surface area contributed by atoms with Gasteiger partial charge in [0.25, 0.3) is 0 Å². The van der Waals surface area contributed by atoms with Crippen molar-refractivity contribution in [3.63, 3.8) is 0 Å². The Bertz CT molecular complexity index is 619. The fraction of sp³-hybridized carbons (Fsp3) is 0.615.